The Morgan fingerprint density at radius 2 is 1.89 bits per heavy atom. The minimum Gasteiger partial charge on any atom is -0.481 e. The number of carbonyl (C=O) groups excluding carboxylic acids is 3. The Hall–Kier alpha value is -3.15. The van der Waals surface area contributed by atoms with E-state index in [4.69, 9.17) is 4.74 Å². The predicted octanol–water partition coefficient (Wildman–Crippen LogP) is 3.42. The maximum Gasteiger partial charge on any atom is 0.265 e. The Kier molecular flexibility index (Phi) is 5.54. The first-order chi connectivity index (χ1) is 12.9. The highest BCUT2D eigenvalue weighted by atomic mass is 16.5. The van der Waals surface area contributed by atoms with E-state index in [9.17, 15) is 14.4 Å². The molecule has 1 unspecified atom stereocenters. The standard InChI is InChI=1S/C21H22N2O4/c1-14(24)16-8-10-19(11-9-16)27-15(2)21(26)22-17-5-3-6-18(13-17)23-12-4-7-20(23)25/h3,5-6,8-11,13,15H,4,7,12H2,1-2H3,(H,22,26). The average Bonchev–Trinajstić information content (AvgIpc) is 3.08. The SMILES string of the molecule is CC(=O)c1ccc(OC(C)C(=O)Nc2cccc(N3CCCC3=O)c2)cc1. The lowest BCUT2D eigenvalue weighted by atomic mass is 10.1. The topological polar surface area (TPSA) is 75.7 Å². The third kappa shape index (κ3) is 4.53. The van der Waals surface area contributed by atoms with Gasteiger partial charge in [0, 0.05) is 29.9 Å². The molecule has 2 amide bonds. The van der Waals surface area contributed by atoms with Crippen molar-refractivity contribution in [1.82, 2.24) is 0 Å². The van der Waals surface area contributed by atoms with Crippen molar-refractivity contribution < 1.29 is 19.1 Å². The first kappa shape index (κ1) is 18.6. The number of nitrogens with zero attached hydrogens (tertiary/aromatic N) is 1. The summed E-state index contributed by atoms with van der Waals surface area (Å²) < 4.78 is 5.64. The zero-order chi connectivity index (χ0) is 19.4. The van der Waals surface area contributed by atoms with Gasteiger partial charge >= 0.3 is 0 Å². The lowest BCUT2D eigenvalue weighted by Crippen LogP contribution is -2.30. The van der Waals surface area contributed by atoms with E-state index < -0.39 is 6.10 Å². The van der Waals surface area contributed by atoms with Crippen LogP contribution in [0.4, 0.5) is 11.4 Å². The minimum atomic E-state index is -0.717. The van der Waals surface area contributed by atoms with Crippen molar-refractivity contribution in [2.45, 2.75) is 32.8 Å². The van der Waals surface area contributed by atoms with Crippen LogP contribution in [0.1, 0.15) is 37.0 Å². The number of ether oxygens (including phenoxy) is 1. The number of ketones is 1. The highest BCUT2D eigenvalue weighted by Crippen LogP contribution is 2.24. The molecule has 140 valence electrons. The van der Waals surface area contributed by atoms with E-state index in [1.807, 2.05) is 12.1 Å². The molecule has 1 aliphatic rings. The van der Waals surface area contributed by atoms with Gasteiger partial charge in [-0.15, -0.1) is 0 Å². The third-order valence-electron chi connectivity index (χ3n) is 4.44. The van der Waals surface area contributed by atoms with Crippen LogP contribution < -0.4 is 15.0 Å². The van der Waals surface area contributed by atoms with Gasteiger partial charge in [0.2, 0.25) is 5.91 Å². The van der Waals surface area contributed by atoms with Crippen LogP contribution >= 0.6 is 0 Å². The van der Waals surface area contributed by atoms with Gasteiger partial charge in [-0.3, -0.25) is 14.4 Å². The number of anilines is 2. The summed E-state index contributed by atoms with van der Waals surface area (Å²) in [6, 6.07) is 13.9. The van der Waals surface area contributed by atoms with Gasteiger partial charge in [0.15, 0.2) is 11.9 Å². The monoisotopic (exact) mass is 366 g/mol. The molecule has 0 bridgehead atoms. The second kappa shape index (κ2) is 8.03. The number of nitrogens with one attached hydrogen (secondary N) is 1. The lowest BCUT2D eigenvalue weighted by molar-refractivity contribution is -0.122. The number of amides is 2. The third-order valence-corrected chi connectivity index (χ3v) is 4.44. The molecule has 1 atom stereocenters. The molecule has 1 fully saturated rings. The zero-order valence-electron chi connectivity index (χ0n) is 15.4. The number of carbonyl (C=O) groups is 3. The molecule has 0 aliphatic carbocycles. The summed E-state index contributed by atoms with van der Waals surface area (Å²) in [5.41, 5.74) is 1.98. The number of benzene rings is 2. The molecule has 3 rings (SSSR count). The van der Waals surface area contributed by atoms with Gasteiger partial charge in [-0.25, -0.2) is 0 Å². The first-order valence-corrected chi connectivity index (χ1v) is 8.93. The van der Waals surface area contributed by atoms with Crippen LogP contribution in [-0.2, 0) is 9.59 Å². The molecule has 0 radical (unpaired) electrons. The molecule has 1 N–H and O–H groups in total. The van der Waals surface area contributed by atoms with Crippen LogP contribution in [0.25, 0.3) is 0 Å². The average molecular weight is 366 g/mol. The fraction of sp³-hybridized carbons (Fsp3) is 0.286. The zero-order valence-corrected chi connectivity index (χ0v) is 15.4. The van der Waals surface area contributed by atoms with Crippen LogP contribution in [0.15, 0.2) is 48.5 Å². The number of Topliss-reactive ketones (excluding diaryl/α,β-unsaturated/α-hetero) is 1. The van der Waals surface area contributed by atoms with Gasteiger partial charge in [-0.05, 0) is 62.7 Å². The van der Waals surface area contributed by atoms with Crippen molar-refractivity contribution in [3.05, 3.63) is 54.1 Å². The van der Waals surface area contributed by atoms with Crippen molar-refractivity contribution in [3.63, 3.8) is 0 Å². The van der Waals surface area contributed by atoms with E-state index in [-0.39, 0.29) is 17.6 Å². The molecular weight excluding hydrogens is 344 g/mol. The number of hydrogen-bond donors (Lipinski definition) is 1. The van der Waals surface area contributed by atoms with Crippen LogP contribution in [0.5, 0.6) is 5.75 Å². The summed E-state index contributed by atoms with van der Waals surface area (Å²) in [6.45, 7) is 3.85. The molecular formula is C21H22N2O4. The maximum atomic E-state index is 12.4. The molecule has 6 heteroatoms. The van der Waals surface area contributed by atoms with E-state index in [2.05, 4.69) is 5.32 Å². The van der Waals surface area contributed by atoms with Gasteiger partial charge in [0.05, 0.1) is 0 Å². The second-order valence-electron chi connectivity index (χ2n) is 6.53. The van der Waals surface area contributed by atoms with Crippen molar-refractivity contribution in [2.24, 2.45) is 0 Å². The first-order valence-electron chi connectivity index (χ1n) is 8.93. The fourth-order valence-electron chi connectivity index (χ4n) is 2.94. The molecule has 2 aromatic carbocycles. The van der Waals surface area contributed by atoms with Crippen molar-refractivity contribution in [1.29, 1.82) is 0 Å². The van der Waals surface area contributed by atoms with E-state index in [0.717, 1.165) is 12.1 Å². The van der Waals surface area contributed by atoms with E-state index in [1.54, 1.807) is 48.2 Å². The highest BCUT2D eigenvalue weighted by molar-refractivity contribution is 5.98. The molecule has 27 heavy (non-hydrogen) atoms. The second-order valence-corrected chi connectivity index (χ2v) is 6.53. The van der Waals surface area contributed by atoms with Crippen LogP contribution in [-0.4, -0.2) is 30.2 Å². The van der Waals surface area contributed by atoms with E-state index in [0.29, 0.717) is 30.0 Å². The molecule has 6 nitrogen and oxygen atoms in total. The molecule has 1 heterocycles. The molecule has 2 aromatic rings. The Bertz CT molecular complexity index is 861. The number of rotatable bonds is 6. The summed E-state index contributed by atoms with van der Waals surface area (Å²) in [5.74, 6) is 0.294. The predicted molar refractivity (Wildman–Crippen MR) is 103 cm³/mol. The molecule has 0 spiro atoms. The smallest absolute Gasteiger partial charge is 0.265 e. The largest absolute Gasteiger partial charge is 0.481 e. The van der Waals surface area contributed by atoms with Gasteiger partial charge < -0.3 is 15.0 Å². The molecule has 0 aromatic heterocycles. The Morgan fingerprint density at radius 3 is 2.52 bits per heavy atom. The van der Waals surface area contributed by atoms with Gasteiger partial charge in [-0.1, -0.05) is 6.07 Å². The highest BCUT2D eigenvalue weighted by Gasteiger charge is 2.22. The summed E-state index contributed by atoms with van der Waals surface area (Å²) in [4.78, 5) is 37.3. The number of hydrogen-bond acceptors (Lipinski definition) is 4. The van der Waals surface area contributed by atoms with Gasteiger partial charge in [0.1, 0.15) is 5.75 Å². The Balaban J connectivity index is 1.62. The Labute approximate surface area is 158 Å². The minimum absolute atomic E-state index is 0.0243. The maximum absolute atomic E-state index is 12.4. The van der Waals surface area contributed by atoms with Crippen LogP contribution in [0.3, 0.4) is 0 Å². The van der Waals surface area contributed by atoms with Crippen molar-refractivity contribution in [2.75, 3.05) is 16.8 Å². The van der Waals surface area contributed by atoms with Crippen LogP contribution in [0, 0.1) is 0 Å². The van der Waals surface area contributed by atoms with Gasteiger partial charge in [-0.2, -0.15) is 0 Å². The summed E-state index contributed by atoms with van der Waals surface area (Å²) in [7, 11) is 0. The Morgan fingerprint density at radius 1 is 1.15 bits per heavy atom. The summed E-state index contributed by atoms with van der Waals surface area (Å²) in [5, 5.41) is 2.81. The van der Waals surface area contributed by atoms with Crippen molar-refractivity contribution >= 4 is 29.0 Å². The summed E-state index contributed by atoms with van der Waals surface area (Å²) >= 11 is 0. The normalized spacial score (nSPS) is 14.7. The fourth-order valence-corrected chi connectivity index (χ4v) is 2.94. The quantitative estimate of drug-likeness (QED) is 0.795. The van der Waals surface area contributed by atoms with Crippen LogP contribution in [0.2, 0.25) is 0 Å². The molecule has 1 aliphatic heterocycles. The molecule has 0 saturated carbocycles. The van der Waals surface area contributed by atoms with Crippen molar-refractivity contribution in [3.8, 4) is 5.75 Å². The molecule has 1 saturated heterocycles. The van der Waals surface area contributed by atoms with Gasteiger partial charge in [0.25, 0.3) is 5.91 Å². The van der Waals surface area contributed by atoms with E-state index >= 15 is 0 Å². The lowest BCUT2D eigenvalue weighted by Gasteiger charge is -2.18. The summed E-state index contributed by atoms with van der Waals surface area (Å²) in [6.07, 6.45) is 0.692. The van der Waals surface area contributed by atoms with E-state index in [1.165, 1.54) is 6.92 Å².